The molecule has 128 valence electrons. The number of H-pyrrole nitrogens is 1. The van der Waals surface area contributed by atoms with E-state index < -0.39 is 0 Å². The maximum Gasteiger partial charge on any atom is 0.323 e. The lowest BCUT2D eigenvalue weighted by Crippen LogP contribution is -2.45. The molecule has 4 rings (SSSR count). The number of hydrogen-bond donors (Lipinski definition) is 2. The van der Waals surface area contributed by atoms with E-state index in [4.69, 9.17) is 4.74 Å². The molecule has 0 amide bonds. The highest BCUT2D eigenvalue weighted by molar-refractivity contribution is 5.87. The van der Waals surface area contributed by atoms with E-state index in [0.29, 0.717) is 13.0 Å². The monoisotopic (exact) mass is 334 g/mol. The summed E-state index contributed by atoms with van der Waals surface area (Å²) in [6.45, 7) is 4.32. The Morgan fingerprint density at radius 3 is 2.68 bits per heavy atom. The Hall–Kier alpha value is -2.59. The second kappa shape index (κ2) is 6.37. The first-order valence-electron chi connectivity index (χ1n) is 8.76. The van der Waals surface area contributed by atoms with E-state index in [9.17, 15) is 4.79 Å². The lowest BCUT2D eigenvalue weighted by atomic mass is 9.90. The van der Waals surface area contributed by atoms with E-state index in [1.54, 1.807) is 0 Å². The van der Waals surface area contributed by atoms with Gasteiger partial charge in [-0.3, -0.25) is 10.1 Å². The third-order valence-corrected chi connectivity index (χ3v) is 4.89. The molecule has 0 spiro atoms. The topological polar surface area (TPSA) is 54.1 Å². The third-order valence-electron chi connectivity index (χ3n) is 4.89. The highest BCUT2D eigenvalue weighted by Crippen LogP contribution is 2.35. The van der Waals surface area contributed by atoms with Crippen LogP contribution in [0.15, 0.2) is 48.5 Å². The number of esters is 1. The Kier molecular flexibility index (Phi) is 4.06. The number of aromatic nitrogens is 1. The van der Waals surface area contributed by atoms with Crippen LogP contribution in [0.5, 0.6) is 0 Å². The van der Waals surface area contributed by atoms with E-state index in [1.807, 2.05) is 19.1 Å². The minimum Gasteiger partial charge on any atom is -0.465 e. The van der Waals surface area contributed by atoms with Crippen molar-refractivity contribution in [1.82, 2.24) is 10.3 Å². The standard InChI is InChI=1S/C21H22N2O2/c1-3-25-21(24)18-12-16-15-6-4-5-7-17(15)22-20(16)19(23-18)14-10-8-13(2)9-11-14/h4-11,18-19,22-23H,3,12H2,1-2H3/t18-,19+/m0/s1. The number of fused-ring (bicyclic) bond motifs is 3. The molecule has 0 unspecified atom stereocenters. The van der Waals surface area contributed by atoms with Crippen LogP contribution in [-0.4, -0.2) is 23.6 Å². The highest BCUT2D eigenvalue weighted by atomic mass is 16.5. The van der Waals surface area contributed by atoms with Gasteiger partial charge in [0.05, 0.1) is 12.6 Å². The number of aryl methyl sites for hydroxylation is 1. The molecule has 0 fully saturated rings. The number of nitrogens with one attached hydrogen (secondary N) is 2. The van der Waals surface area contributed by atoms with Crippen molar-refractivity contribution in [2.24, 2.45) is 0 Å². The van der Waals surface area contributed by atoms with Crippen molar-refractivity contribution in [3.63, 3.8) is 0 Å². The van der Waals surface area contributed by atoms with Crippen LogP contribution in [-0.2, 0) is 16.0 Å². The number of carbonyl (C=O) groups is 1. The Bertz CT molecular complexity index is 911. The second-order valence-corrected chi connectivity index (χ2v) is 6.58. The molecule has 0 saturated carbocycles. The molecule has 0 radical (unpaired) electrons. The number of para-hydroxylation sites is 1. The quantitative estimate of drug-likeness (QED) is 0.719. The molecule has 3 aromatic rings. The Morgan fingerprint density at radius 1 is 1.16 bits per heavy atom. The SMILES string of the molecule is CCOC(=O)[C@@H]1Cc2c([nH]c3ccccc23)[C@@H](c2ccc(C)cc2)N1. The Labute approximate surface area is 147 Å². The third kappa shape index (κ3) is 2.83. The van der Waals surface area contributed by atoms with E-state index in [1.165, 1.54) is 16.5 Å². The summed E-state index contributed by atoms with van der Waals surface area (Å²) in [5.41, 5.74) is 5.82. The normalized spacial score (nSPS) is 19.6. The zero-order chi connectivity index (χ0) is 17.4. The minimum atomic E-state index is -0.335. The summed E-state index contributed by atoms with van der Waals surface area (Å²) in [5, 5.41) is 4.67. The highest BCUT2D eigenvalue weighted by Gasteiger charge is 2.34. The summed E-state index contributed by atoms with van der Waals surface area (Å²) in [6.07, 6.45) is 0.639. The summed E-state index contributed by atoms with van der Waals surface area (Å²) in [7, 11) is 0. The second-order valence-electron chi connectivity index (χ2n) is 6.58. The fourth-order valence-corrected chi connectivity index (χ4v) is 3.65. The van der Waals surface area contributed by atoms with Crippen LogP contribution in [0.25, 0.3) is 10.9 Å². The van der Waals surface area contributed by atoms with Crippen LogP contribution in [0.4, 0.5) is 0 Å². The van der Waals surface area contributed by atoms with Crippen LogP contribution < -0.4 is 5.32 Å². The van der Waals surface area contributed by atoms with Crippen molar-refractivity contribution in [3.05, 3.63) is 70.9 Å². The van der Waals surface area contributed by atoms with Gasteiger partial charge in [0, 0.05) is 23.0 Å². The Balaban J connectivity index is 1.82. The van der Waals surface area contributed by atoms with Gasteiger partial charge in [-0.1, -0.05) is 48.0 Å². The van der Waals surface area contributed by atoms with Crippen LogP contribution >= 0.6 is 0 Å². The molecule has 0 bridgehead atoms. The van der Waals surface area contributed by atoms with Crippen LogP contribution in [0, 0.1) is 6.92 Å². The zero-order valence-corrected chi connectivity index (χ0v) is 14.5. The molecule has 4 nitrogen and oxygen atoms in total. The lowest BCUT2D eigenvalue weighted by molar-refractivity contribution is -0.146. The molecule has 2 aromatic carbocycles. The van der Waals surface area contributed by atoms with Gasteiger partial charge < -0.3 is 9.72 Å². The average Bonchev–Trinajstić information content (AvgIpc) is 3.00. The molecular formula is C21H22N2O2. The maximum atomic E-state index is 12.4. The number of aromatic amines is 1. The van der Waals surface area contributed by atoms with Crippen molar-refractivity contribution < 1.29 is 9.53 Å². The molecule has 2 atom stereocenters. The zero-order valence-electron chi connectivity index (χ0n) is 14.5. The van der Waals surface area contributed by atoms with Gasteiger partial charge >= 0.3 is 5.97 Å². The number of carbonyl (C=O) groups excluding carboxylic acids is 1. The molecule has 0 saturated heterocycles. The smallest absolute Gasteiger partial charge is 0.323 e. The minimum absolute atomic E-state index is 0.0499. The molecule has 1 aromatic heterocycles. The first kappa shape index (κ1) is 15.9. The summed E-state index contributed by atoms with van der Waals surface area (Å²) in [6, 6.07) is 16.3. The molecule has 25 heavy (non-hydrogen) atoms. The summed E-state index contributed by atoms with van der Waals surface area (Å²) < 4.78 is 5.28. The molecule has 2 heterocycles. The van der Waals surface area contributed by atoms with E-state index in [0.717, 1.165) is 16.8 Å². The van der Waals surface area contributed by atoms with Gasteiger partial charge in [-0.25, -0.2) is 0 Å². The average molecular weight is 334 g/mol. The maximum absolute atomic E-state index is 12.4. The molecule has 2 N–H and O–H groups in total. The first-order valence-corrected chi connectivity index (χ1v) is 8.76. The van der Waals surface area contributed by atoms with E-state index >= 15 is 0 Å². The van der Waals surface area contributed by atoms with Crippen molar-refractivity contribution in [1.29, 1.82) is 0 Å². The number of benzene rings is 2. The van der Waals surface area contributed by atoms with E-state index in [2.05, 4.69) is 53.6 Å². The molecule has 1 aliphatic heterocycles. The molecule has 0 aliphatic carbocycles. The summed E-state index contributed by atoms with van der Waals surface area (Å²) in [5.74, 6) is -0.185. The van der Waals surface area contributed by atoms with Gasteiger partial charge in [0.2, 0.25) is 0 Å². The predicted molar refractivity (Wildman–Crippen MR) is 98.6 cm³/mol. The molecule has 4 heteroatoms. The van der Waals surface area contributed by atoms with Crippen molar-refractivity contribution in [3.8, 4) is 0 Å². The van der Waals surface area contributed by atoms with E-state index in [-0.39, 0.29) is 18.1 Å². The molecule has 1 aliphatic rings. The van der Waals surface area contributed by atoms with Gasteiger partial charge in [-0.2, -0.15) is 0 Å². The first-order chi connectivity index (χ1) is 12.2. The predicted octanol–water partition coefficient (Wildman–Crippen LogP) is 3.64. The fraction of sp³-hybridized carbons (Fsp3) is 0.286. The number of hydrogen-bond acceptors (Lipinski definition) is 3. The van der Waals surface area contributed by atoms with Crippen molar-refractivity contribution in [2.45, 2.75) is 32.4 Å². The fourth-order valence-electron chi connectivity index (χ4n) is 3.65. The Morgan fingerprint density at radius 2 is 1.92 bits per heavy atom. The van der Waals surface area contributed by atoms with Crippen LogP contribution in [0.3, 0.4) is 0 Å². The van der Waals surface area contributed by atoms with Crippen LogP contribution in [0.2, 0.25) is 0 Å². The van der Waals surface area contributed by atoms with Crippen LogP contribution in [0.1, 0.15) is 35.3 Å². The van der Waals surface area contributed by atoms with Gasteiger partial charge in [0.15, 0.2) is 0 Å². The van der Waals surface area contributed by atoms with Crippen molar-refractivity contribution in [2.75, 3.05) is 6.61 Å². The molecular weight excluding hydrogens is 312 g/mol. The number of ether oxygens (including phenoxy) is 1. The van der Waals surface area contributed by atoms with Crippen molar-refractivity contribution >= 4 is 16.9 Å². The largest absolute Gasteiger partial charge is 0.465 e. The number of rotatable bonds is 3. The summed E-state index contributed by atoms with van der Waals surface area (Å²) in [4.78, 5) is 16.0. The summed E-state index contributed by atoms with van der Waals surface area (Å²) >= 11 is 0. The van der Waals surface area contributed by atoms with Gasteiger partial charge in [0.1, 0.15) is 6.04 Å². The van der Waals surface area contributed by atoms with Gasteiger partial charge in [0.25, 0.3) is 0 Å². The van der Waals surface area contributed by atoms with Gasteiger partial charge in [-0.05, 0) is 31.0 Å². The lowest BCUT2D eigenvalue weighted by Gasteiger charge is -2.30. The van der Waals surface area contributed by atoms with Gasteiger partial charge in [-0.15, -0.1) is 0 Å².